The van der Waals surface area contributed by atoms with Gasteiger partial charge in [-0.15, -0.1) is 0 Å². The molecule has 0 aromatic carbocycles. The molecule has 0 radical (unpaired) electrons. The van der Waals surface area contributed by atoms with E-state index in [1.165, 1.54) is 6.92 Å². The maximum Gasteiger partial charge on any atom is 0.302 e. The van der Waals surface area contributed by atoms with Gasteiger partial charge < -0.3 is 19.7 Å². The zero-order valence-electron chi connectivity index (χ0n) is 9.95. The van der Waals surface area contributed by atoms with Gasteiger partial charge in [-0.25, -0.2) is 0 Å². The van der Waals surface area contributed by atoms with Crippen molar-refractivity contribution in [2.24, 2.45) is 0 Å². The summed E-state index contributed by atoms with van der Waals surface area (Å²) in [6.45, 7) is 5.49. The summed E-state index contributed by atoms with van der Waals surface area (Å²) in [6, 6.07) is 0. The lowest BCUT2D eigenvalue weighted by atomic mass is 10.1. The molecule has 0 aromatic rings. The number of rotatable bonds is 5. The van der Waals surface area contributed by atoms with Crippen molar-refractivity contribution in [1.82, 2.24) is 0 Å². The molecule has 0 fully saturated rings. The van der Waals surface area contributed by atoms with E-state index in [4.69, 9.17) is 19.7 Å². The van der Waals surface area contributed by atoms with Gasteiger partial charge in [0, 0.05) is 20.5 Å². The average molecular weight is 222 g/mol. The quantitative estimate of drug-likeness (QED) is 0.656. The molecule has 0 saturated heterocycles. The van der Waals surface area contributed by atoms with Crippen molar-refractivity contribution in [1.29, 1.82) is 0 Å². The van der Waals surface area contributed by atoms with Crippen molar-refractivity contribution >= 4 is 5.97 Å². The summed E-state index contributed by atoms with van der Waals surface area (Å²) in [6.07, 6.45) is 0.725. The molecule has 0 atom stereocenters. The van der Waals surface area contributed by atoms with Crippen LogP contribution in [-0.4, -0.2) is 48.7 Å². The molecule has 0 bridgehead atoms. The standard InChI is InChI=1S/C8H16O3.C2H6O2/c1-7(9)11-6-5-8(2,3)10-4;3-1-2-4/h5-6H2,1-4H3;3-4H,1-2H2. The van der Waals surface area contributed by atoms with Crippen LogP contribution in [0.3, 0.4) is 0 Å². The van der Waals surface area contributed by atoms with Gasteiger partial charge in [0.1, 0.15) is 0 Å². The van der Waals surface area contributed by atoms with Gasteiger partial charge in [0.05, 0.1) is 25.4 Å². The summed E-state index contributed by atoms with van der Waals surface area (Å²) in [7, 11) is 1.65. The zero-order chi connectivity index (χ0) is 12.3. The van der Waals surface area contributed by atoms with Crippen LogP contribution in [0.2, 0.25) is 0 Å². The van der Waals surface area contributed by atoms with Gasteiger partial charge in [-0.2, -0.15) is 0 Å². The first-order valence-corrected chi connectivity index (χ1v) is 4.80. The Balaban J connectivity index is 0. The number of carbonyl (C=O) groups excluding carboxylic acids is 1. The van der Waals surface area contributed by atoms with Crippen LogP contribution in [0, 0.1) is 0 Å². The van der Waals surface area contributed by atoms with E-state index in [1.807, 2.05) is 13.8 Å². The van der Waals surface area contributed by atoms with Crippen molar-refractivity contribution in [3.05, 3.63) is 0 Å². The number of aliphatic hydroxyl groups is 2. The van der Waals surface area contributed by atoms with E-state index in [0.717, 1.165) is 6.42 Å². The molecular formula is C10H22O5. The number of esters is 1. The number of ether oxygens (including phenoxy) is 2. The highest BCUT2D eigenvalue weighted by atomic mass is 16.5. The largest absolute Gasteiger partial charge is 0.466 e. The van der Waals surface area contributed by atoms with Crippen LogP contribution in [0.25, 0.3) is 0 Å². The van der Waals surface area contributed by atoms with Gasteiger partial charge in [-0.05, 0) is 13.8 Å². The summed E-state index contributed by atoms with van der Waals surface area (Å²) >= 11 is 0. The molecule has 2 N–H and O–H groups in total. The Kier molecular flexibility index (Phi) is 11.1. The number of carbonyl (C=O) groups is 1. The van der Waals surface area contributed by atoms with E-state index in [9.17, 15) is 4.79 Å². The second kappa shape index (κ2) is 9.89. The van der Waals surface area contributed by atoms with Gasteiger partial charge in [0.2, 0.25) is 0 Å². The Bertz CT molecular complexity index is 154. The van der Waals surface area contributed by atoms with Gasteiger partial charge in [-0.1, -0.05) is 0 Å². The van der Waals surface area contributed by atoms with Crippen molar-refractivity contribution in [3.63, 3.8) is 0 Å². The van der Waals surface area contributed by atoms with E-state index < -0.39 is 0 Å². The minimum Gasteiger partial charge on any atom is -0.466 e. The number of methoxy groups -OCH3 is 1. The van der Waals surface area contributed by atoms with Gasteiger partial charge >= 0.3 is 5.97 Å². The van der Waals surface area contributed by atoms with Crippen LogP contribution in [0.15, 0.2) is 0 Å². The molecule has 0 aliphatic carbocycles. The summed E-state index contributed by atoms with van der Waals surface area (Å²) in [5.41, 5.74) is -0.199. The molecule has 5 nitrogen and oxygen atoms in total. The van der Waals surface area contributed by atoms with E-state index in [2.05, 4.69) is 0 Å². The molecule has 15 heavy (non-hydrogen) atoms. The third-order valence-corrected chi connectivity index (χ3v) is 1.66. The normalized spacial score (nSPS) is 10.3. The minimum absolute atomic E-state index is 0.125. The smallest absolute Gasteiger partial charge is 0.302 e. The average Bonchev–Trinajstić information content (AvgIpc) is 2.17. The van der Waals surface area contributed by atoms with Crippen LogP contribution < -0.4 is 0 Å². The van der Waals surface area contributed by atoms with E-state index in [0.29, 0.717) is 6.61 Å². The Morgan fingerprint density at radius 3 is 2.00 bits per heavy atom. The monoisotopic (exact) mass is 222 g/mol. The Morgan fingerprint density at radius 2 is 1.73 bits per heavy atom. The predicted molar refractivity (Wildman–Crippen MR) is 56.5 cm³/mol. The van der Waals surface area contributed by atoms with Crippen molar-refractivity contribution in [2.45, 2.75) is 32.8 Å². The minimum atomic E-state index is -0.239. The first kappa shape index (κ1) is 16.8. The topological polar surface area (TPSA) is 76.0 Å². The maximum atomic E-state index is 10.4. The molecule has 0 heterocycles. The lowest BCUT2D eigenvalue weighted by Gasteiger charge is -2.21. The molecule has 0 aliphatic heterocycles. The second-order valence-electron chi connectivity index (χ2n) is 3.50. The summed E-state index contributed by atoms with van der Waals surface area (Å²) in [5, 5.41) is 15.2. The first-order valence-electron chi connectivity index (χ1n) is 4.80. The first-order chi connectivity index (χ1) is 6.89. The zero-order valence-corrected chi connectivity index (χ0v) is 9.95. The Morgan fingerprint density at radius 1 is 1.27 bits per heavy atom. The highest BCUT2D eigenvalue weighted by molar-refractivity contribution is 5.65. The lowest BCUT2D eigenvalue weighted by Crippen LogP contribution is -2.24. The highest BCUT2D eigenvalue weighted by Crippen LogP contribution is 2.12. The number of hydrogen-bond acceptors (Lipinski definition) is 5. The van der Waals surface area contributed by atoms with Gasteiger partial charge in [0.15, 0.2) is 0 Å². The van der Waals surface area contributed by atoms with Crippen molar-refractivity contribution < 1.29 is 24.5 Å². The highest BCUT2D eigenvalue weighted by Gasteiger charge is 2.15. The van der Waals surface area contributed by atoms with Crippen LogP contribution in [0.1, 0.15) is 27.2 Å². The van der Waals surface area contributed by atoms with Crippen LogP contribution in [0.4, 0.5) is 0 Å². The fourth-order valence-electron chi connectivity index (χ4n) is 0.543. The van der Waals surface area contributed by atoms with Gasteiger partial charge in [-0.3, -0.25) is 4.79 Å². The summed E-state index contributed by atoms with van der Waals surface area (Å²) in [5.74, 6) is -0.239. The SMILES string of the molecule is COC(C)(C)CCOC(C)=O.OCCO. The number of aliphatic hydroxyl groups excluding tert-OH is 2. The third kappa shape index (κ3) is 16.1. The van der Waals surface area contributed by atoms with E-state index in [-0.39, 0.29) is 24.8 Å². The molecule has 0 spiro atoms. The summed E-state index contributed by atoms with van der Waals surface area (Å²) < 4.78 is 9.89. The van der Waals surface area contributed by atoms with Crippen molar-refractivity contribution in [3.8, 4) is 0 Å². The van der Waals surface area contributed by atoms with Gasteiger partial charge in [0.25, 0.3) is 0 Å². The Labute approximate surface area is 91.0 Å². The summed E-state index contributed by atoms with van der Waals surface area (Å²) in [4.78, 5) is 10.4. The maximum absolute atomic E-state index is 10.4. The fourth-order valence-corrected chi connectivity index (χ4v) is 0.543. The molecule has 0 aliphatic rings. The lowest BCUT2D eigenvalue weighted by molar-refractivity contribution is -0.142. The molecular weight excluding hydrogens is 200 g/mol. The van der Waals surface area contributed by atoms with Crippen LogP contribution >= 0.6 is 0 Å². The molecule has 0 aromatic heterocycles. The van der Waals surface area contributed by atoms with E-state index >= 15 is 0 Å². The molecule has 0 rings (SSSR count). The Hall–Kier alpha value is -0.650. The van der Waals surface area contributed by atoms with Crippen LogP contribution in [0.5, 0.6) is 0 Å². The molecule has 92 valence electrons. The van der Waals surface area contributed by atoms with E-state index in [1.54, 1.807) is 7.11 Å². The third-order valence-electron chi connectivity index (χ3n) is 1.66. The second-order valence-corrected chi connectivity index (χ2v) is 3.50. The molecule has 0 unspecified atom stereocenters. The number of hydrogen-bond donors (Lipinski definition) is 2. The fraction of sp³-hybridized carbons (Fsp3) is 0.900. The molecule has 0 saturated carbocycles. The predicted octanol–water partition coefficient (Wildman–Crippen LogP) is 0.336. The van der Waals surface area contributed by atoms with Crippen LogP contribution in [-0.2, 0) is 14.3 Å². The molecule has 5 heteroatoms. The molecule has 0 amide bonds. The van der Waals surface area contributed by atoms with Crippen molar-refractivity contribution in [2.75, 3.05) is 26.9 Å².